The fourth-order valence-corrected chi connectivity index (χ4v) is 1.77. The van der Waals surface area contributed by atoms with E-state index < -0.39 is 0 Å². The Hall–Kier alpha value is -1.16. The average Bonchev–Trinajstić information content (AvgIpc) is 2.84. The normalized spacial score (nSPS) is 21.6. The molecule has 0 radical (unpaired) electrons. The molecule has 0 aliphatic heterocycles. The number of halogens is 1. The van der Waals surface area contributed by atoms with Crippen molar-refractivity contribution in [2.75, 3.05) is 6.54 Å². The van der Waals surface area contributed by atoms with Crippen molar-refractivity contribution in [2.45, 2.75) is 20.3 Å². The molecule has 4 nitrogen and oxygen atoms in total. The standard InChI is InChI=1S/C11H14ClN3O/c1-11(2)5-7(11)6-13-10(16)8-3-4-9(12)15-14-8/h3-4,7H,5-6H2,1-2H3,(H,13,16). The largest absolute Gasteiger partial charge is 0.350 e. The highest BCUT2D eigenvalue weighted by atomic mass is 35.5. The smallest absolute Gasteiger partial charge is 0.271 e. The van der Waals surface area contributed by atoms with E-state index in [0.29, 0.717) is 28.7 Å². The maximum Gasteiger partial charge on any atom is 0.271 e. The highest BCUT2D eigenvalue weighted by molar-refractivity contribution is 6.29. The molecule has 1 unspecified atom stereocenters. The number of rotatable bonds is 3. The Kier molecular flexibility index (Phi) is 2.84. The van der Waals surface area contributed by atoms with Crippen LogP contribution in [0.2, 0.25) is 5.15 Å². The van der Waals surface area contributed by atoms with Crippen molar-refractivity contribution >= 4 is 17.5 Å². The zero-order valence-corrected chi connectivity index (χ0v) is 10.1. The molecule has 1 aromatic heterocycles. The molecule has 1 heterocycles. The van der Waals surface area contributed by atoms with Gasteiger partial charge >= 0.3 is 0 Å². The Bertz CT molecular complexity index is 402. The maximum atomic E-state index is 11.6. The van der Waals surface area contributed by atoms with Crippen molar-refractivity contribution < 1.29 is 4.79 Å². The predicted molar refractivity (Wildman–Crippen MR) is 61.3 cm³/mol. The first-order valence-electron chi connectivity index (χ1n) is 5.26. The van der Waals surface area contributed by atoms with Crippen molar-refractivity contribution in [3.8, 4) is 0 Å². The van der Waals surface area contributed by atoms with Gasteiger partial charge in [-0.05, 0) is 29.9 Å². The van der Waals surface area contributed by atoms with Crippen molar-refractivity contribution in [2.24, 2.45) is 11.3 Å². The molecule has 16 heavy (non-hydrogen) atoms. The fraction of sp³-hybridized carbons (Fsp3) is 0.545. The summed E-state index contributed by atoms with van der Waals surface area (Å²) in [6, 6.07) is 3.13. The van der Waals surface area contributed by atoms with E-state index in [2.05, 4.69) is 29.4 Å². The van der Waals surface area contributed by atoms with Gasteiger partial charge in [-0.3, -0.25) is 4.79 Å². The SMILES string of the molecule is CC1(C)CC1CNC(=O)c1ccc(Cl)nn1. The minimum absolute atomic E-state index is 0.188. The Morgan fingerprint density at radius 2 is 2.25 bits per heavy atom. The lowest BCUT2D eigenvalue weighted by Crippen LogP contribution is -2.27. The van der Waals surface area contributed by atoms with Crippen LogP contribution < -0.4 is 5.32 Å². The summed E-state index contributed by atoms with van der Waals surface area (Å²) in [5.74, 6) is 0.392. The summed E-state index contributed by atoms with van der Waals surface area (Å²) >= 11 is 5.59. The molecular weight excluding hydrogens is 226 g/mol. The van der Waals surface area contributed by atoms with Gasteiger partial charge < -0.3 is 5.32 Å². The minimum atomic E-state index is -0.188. The molecule has 1 fully saturated rings. The molecule has 0 spiro atoms. The average molecular weight is 240 g/mol. The molecule has 1 aliphatic carbocycles. The number of nitrogens with one attached hydrogen (secondary N) is 1. The monoisotopic (exact) mass is 239 g/mol. The van der Waals surface area contributed by atoms with Crippen molar-refractivity contribution in [1.29, 1.82) is 0 Å². The van der Waals surface area contributed by atoms with Crippen LogP contribution in [0.4, 0.5) is 0 Å². The summed E-state index contributed by atoms with van der Waals surface area (Å²) in [7, 11) is 0. The Labute approximate surface area is 99.4 Å². The van der Waals surface area contributed by atoms with Crippen molar-refractivity contribution in [3.63, 3.8) is 0 Å². The van der Waals surface area contributed by atoms with Crippen LogP contribution in [0.3, 0.4) is 0 Å². The molecular formula is C11H14ClN3O. The van der Waals surface area contributed by atoms with E-state index in [1.807, 2.05) is 0 Å². The molecule has 1 atom stereocenters. The van der Waals surface area contributed by atoms with E-state index in [-0.39, 0.29) is 5.91 Å². The molecule has 0 aromatic carbocycles. The lowest BCUT2D eigenvalue weighted by molar-refractivity contribution is 0.0944. The van der Waals surface area contributed by atoms with Crippen molar-refractivity contribution in [1.82, 2.24) is 15.5 Å². The number of carbonyl (C=O) groups excluding carboxylic acids is 1. The van der Waals surface area contributed by atoms with E-state index >= 15 is 0 Å². The summed E-state index contributed by atoms with van der Waals surface area (Å²) in [5.41, 5.74) is 0.682. The van der Waals surface area contributed by atoms with Crippen LogP contribution in [0.1, 0.15) is 30.8 Å². The van der Waals surface area contributed by atoms with Crippen LogP contribution in [0, 0.1) is 11.3 Å². The maximum absolute atomic E-state index is 11.6. The van der Waals surface area contributed by atoms with Gasteiger partial charge in [0.2, 0.25) is 0 Å². The number of amides is 1. The Morgan fingerprint density at radius 1 is 1.56 bits per heavy atom. The number of hydrogen-bond acceptors (Lipinski definition) is 3. The Morgan fingerprint density at radius 3 is 2.75 bits per heavy atom. The van der Waals surface area contributed by atoms with E-state index in [1.54, 1.807) is 12.1 Å². The van der Waals surface area contributed by atoms with E-state index in [4.69, 9.17) is 11.6 Å². The molecule has 5 heteroatoms. The van der Waals surface area contributed by atoms with Gasteiger partial charge in [0.1, 0.15) is 0 Å². The third-order valence-corrected chi connectivity index (χ3v) is 3.29. The minimum Gasteiger partial charge on any atom is -0.350 e. The molecule has 0 bridgehead atoms. The third kappa shape index (κ3) is 2.50. The second kappa shape index (κ2) is 4.01. The molecule has 1 aliphatic rings. The van der Waals surface area contributed by atoms with Crippen LogP contribution in [0.15, 0.2) is 12.1 Å². The van der Waals surface area contributed by atoms with Gasteiger partial charge in [0, 0.05) is 6.54 Å². The number of hydrogen-bond donors (Lipinski definition) is 1. The van der Waals surface area contributed by atoms with Gasteiger partial charge in [0.05, 0.1) is 0 Å². The molecule has 1 N–H and O–H groups in total. The van der Waals surface area contributed by atoms with E-state index in [1.165, 1.54) is 6.42 Å². The lowest BCUT2D eigenvalue weighted by Gasteiger charge is -2.05. The first-order valence-corrected chi connectivity index (χ1v) is 5.64. The first-order chi connectivity index (χ1) is 7.49. The Balaban J connectivity index is 1.87. The predicted octanol–water partition coefficient (Wildman–Crippen LogP) is 1.91. The van der Waals surface area contributed by atoms with E-state index in [9.17, 15) is 4.79 Å². The van der Waals surface area contributed by atoms with Gasteiger partial charge in [-0.1, -0.05) is 25.4 Å². The molecule has 1 amide bonds. The van der Waals surface area contributed by atoms with Crippen LogP contribution in [-0.4, -0.2) is 22.6 Å². The summed E-state index contributed by atoms with van der Waals surface area (Å²) in [6.07, 6.45) is 1.17. The van der Waals surface area contributed by atoms with Gasteiger partial charge in [0.15, 0.2) is 10.8 Å². The first kappa shape index (κ1) is 11.3. The number of nitrogens with zero attached hydrogens (tertiary/aromatic N) is 2. The highest BCUT2D eigenvalue weighted by Crippen LogP contribution is 2.50. The van der Waals surface area contributed by atoms with Crippen LogP contribution >= 0.6 is 11.6 Å². The van der Waals surface area contributed by atoms with Gasteiger partial charge in [0.25, 0.3) is 5.91 Å². The lowest BCUT2D eigenvalue weighted by atomic mass is 10.1. The molecule has 1 aromatic rings. The molecule has 86 valence electrons. The van der Waals surface area contributed by atoms with E-state index in [0.717, 1.165) is 0 Å². The quantitative estimate of drug-likeness (QED) is 0.877. The topological polar surface area (TPSA) is 54.9 Å². The number of aromatic nitrogens is 2. The van der Waals surface area contributed by atoms with Crippen LogP contribution in [0.25, 0.3) is 0 Å². The summed E-state index contributed by atoms with van der Waals surface area (Å²) < 4.78 is 0. The third-order valence-electron chi connectivity index (χ3n) is 3.09. The summed E-state index contributed by atoms with van der Waals surface area (Å²) in [4.78, 5) is 11.6. The second-order valence-corrected chi connectivity index (χ2v) is 5.23. The van der Waals surface area contributed by atoms with Gasteiger partial charge in [-0.15, -0.1) is 10.2 Å². The molecule has 2 rings (SSSR count). The highest BCUT2D eigenvalue weighted by Gasteiger charge is 2.45. The second-order valence-electron chi connectivity index (χ2n) is 4.84. The van der Waals surface area contributed by atoms with Crippen LogP contribution in [0.5, 0.6) is 0 Å². The van der Waals surface area contributed by atoms with Gasteiger partial charge in [-0.2, -0.15) is 0 Å². The molecule has 0 saturated heterocycles. The van der Waals surface area contributed by atoms with Crippen molar-refractivity contribution in [3.05, 3.63) is 23.0 Å². The number of carbonyl (C=O) groups is 1. The summed E-state index contributed by atoms with van der Waals surface area (Å²) in [5, 5.41) is 10.5. The van der Waals surface area contributed by atoms with Crippen LogP contribution in [-0.2, 0) is 0 Å². The van der Waals surface area contributed by atoms with Gasteiger partial charge in [-0.25, -0.2) is 0 Å². The summed E-state index contributed by atoms with van der Waals surface area (Å²) in [6.45, 7) is 5.11. The molecule has 1 saturated carbocycles. The zero-order chi connectivity index (χ0) is 11.8. The fourth-order valence-electron chi connectivity index (χ4n) is 1.67. The zero-order valence-electron chi connectivity index (χ0n) is 9.33.